The zero-order chi connectivity index (χ0) is 20.4. The molecule has 0 spiro atoms. The maximum atomic E-state index is 11.4. The molecule has 0 saturated carbocycles. The monoisotopic (exact) mass is 378 g/mol. The number of aromatic amines is 1. The van der Waals surface area contributed by atoms with Gasteiger partial charge in [0.25, 0.3) is 0 Å². The predicted molar refractivity (Wildman–Crippen MR) is 105 cm³/mol. The van der Waals surface area contributed by atoms with Crippen LogP contribution >= 0.6 is 0 Å². The Morgan fingerprint density at radius 3 is 2.54 bits per heavy atom. The summed E-state index contributed by atoms with van der Waals surface area (Å²) < 4.78 is 10.3. The van der Waals surface area contributed by atoms with E-state index in [9.17, 15) is 15.4 Å². The van der Waals surface area contributed by atoms with Crippen LogP contribution in [0.25, 0.3) is 22.7 Å². The van der Waals surface area contributed by atoms with Crippen molar-refractivity contribution in [2.75, 3.05) is 14.2 Å². The van der Waals surface area contributed by atoms with Gasteiger partial charge in [-0.1, -0.05) is 0 Å². The number of H-pyrrole nitrogens is 1. The number of hydrogen-bond acceptors (Lipinski definition) is 6. The van der Waals surface area contributed by atoms with E-state index in [1.54, 1.807) is 6.07 Å². The first-order chi connectivity index (χ1) is 13.4. The van der Waals surface area contributed by atoms with Crippen molar-refractivity contribution in [1.82, 2.24) is 9.97 Å². The average Bonchev–Trinajstić information content (AvgIpc) is 3.07. The lowest BCUT2D eigenvalue weighted by molar-refractivity contribution is -0.385. The number of ether oxygens (including phenoxy) is 2. The zero-order valence-electron chi connectivity index (χ0n) is 15.9. The summed E-state index contributed by atoms with van der Waals surface area (Å²) in [5.41, 5.74) is 4.20. The number of benzene rings is 2. The molecule has 0 aliphatic heterocycles. The molecule has 0 aliphatic carbocycles. The first-order valence-electron chi connectivity index (χ1n) is 8.37. The van der Waals surface area contributed by atoms with Crippen LogP contribution in [0.15, 0.2) is 24.3 Å². The summed E-state index contributed by atoms with van der Waals surface area (Å²) in [4.78, 5) is 18.4. The van der Waals surface area contributed by atoms with Gasteiger partial charge in [-0.15, -0.1) is 0 Å². The third kappa shape index (κ3) is 3.38. The van der Waals surface area contributed by atoms with Gasteiger partial charge in [0, 0.05) is 6.07 Å². The van der Waals surface area contributed by atoms with Gasteiger partial charge >= 0.3 is 5.69 Å². The highest BCUT2D eigenvalue weighted by atomic mass is 16.6. The normalized spacial score (nSPS) is 11.3. The minimum absolute atomic E-state index is 0.0258. The molecule has 0 saturated heterocycles. The van der Waals surface area contributed by atoms with Crippen molar-refractivity contribution in [1.29, 1.82) is 5.26 Å². The Balaban J connectivity index is 2.14. The van der Waals surface area contributed by atoms with Crippen LogP contribution in [0.5, 0.6) is 11.5 Å². The van der Waals surface area contributed by atoms with Gasteiger partial charge in [0.15, 0.2) is 5.75 Å². The molecule has 8 heteroatoms. The number of methoxy groups -OCH3 is 2. The van der Waals surface area contributed by atoms with Crippen molar-refractivity contribution in [3.05, 3.63) is 56.9 Å². The quantitative estimate of drug-likeness (QED) is 0.405. The van der Waals surface area contributed by atoms with Crippen molar-refractivity contribution < 1.29 is 14.4 Å². The Kier molecular flexibility index (Phi) is 5.00. The molecule has 1 N–H and O–H groups in total. The molecule has 142 valence electrons. The Labute approximate surface area is 161 Å². The summed E-state index contributed by atoms with van der Waals surface area (Å²) in [6.45, 7) is 3.99. The number of rotatable bonds is 5. The van der Waals surface area contributed by atoms with Gasteiger partial charge < -0.3 is 14.5 Å². The number of fused-ring (bicyclic) bond motifs is 1. The lowest BCUT2D eigenvalue weighted by atomic mass is 10.1. The van der Waals surface area contributed by atoms with Crippen molar-refractivity contribution in [3.63, 3.8) is 0 Å². The number of allylic oxidation sites excluding steroid dienone is 1. The molecule has 1 heterocycles. The van der Waals surface area contributed by atoms with Crippen LogP contribution in [-0.2, 0) is 0 Å². The standard InChI is InChI=1S/C20H18N4O4/c1-11-5-15-16(6-12(11)2)23-20(22-15)14(10-21)7-13-8-17(24(25)26)19(28-4)18(9-13)27-3/h5-9H,1-4H3,(H,22,23)/b14-7-. The molecule has 28 heavy (non-hydrogen) atoms. The van der Waals surface area contributed by atoms with Crippen molar-refractivity contribution in [3.8, 4) is 17.6 Å². The fourth-order valence-corrected chi connectivity index (χ4v) is 2.90. The highest BCUT2D eigenvalue weighted by molar-refractivity contribution is 5.91. The van der Waals surface area contributed by atoms with Crippen molar-refractivity contribution >= 4 is 28.4 Å². The van der Waals surface area contributed by atoms with Gasteiger partial charge in [-0.3, -0.25) is 10.1 Å². The number of aryl methyl sites for hydroxylation is 2. The summed E-state index contributed by atoms with van der Waals surface area (Å²) in [7, 11) is 2.73. The van der Waals surface area contributed by atoms with E-state index >= 15 is 0 Å². The summed E-state index contributed by atoms with van der Waals surface area (Å²) in [5.74, 6) is 0.619. The maximum absolute atomic E-state index is 11.4. The first-order valence-corrected chi connectivity index (χ1v) is 8.37. The number of hydrogen-bond donors (Lipinski definition) is 1. The summed E-state index contributed by atoms with van der Waals surface area (Å²) in [6, 6.07) is 8.91. The maximum Gasteiger partial charge on any atom is 0.315 e. The van der Waals surface area contributed by atoms with Crippen LogP contribution in [0.4, 0.5) is 5.69 Å². The van der Waals surface area contributed by atoms with Crippen LogP contribution in [0.2, 0.25) is 0 Å². The summed E-state index contributed by atoms with van der Waals surface area (Å²) >= 11 is 0. The molecule has 0 amide bonds. The van der Waals surface area contributed by atoms with Crippen LogP contribution in [0, 0.1) is 35.3 Å². The predicted octanol–water partition coefficient (Wildman–Crippen LogP) is 4.17. The molecule has 3 rings (SSSR count). The SMILES string of the molecule is COc1cc(/C=C(/C#N)c2nc3cc(C)c(C)cc3[nH]2)cc([N+](=O)[O-])c1OC. The largest absolute Gasteiger partial charge is 0.493 e. The van der Waals surface area contributed by atoms with Gasteiger partial charge in [-0.2, -0.15) is 5.26 Å². The topological polar surface area (TPSA) is 114 Å². The first kappa shape index (κ1) is 18.9. The lowest BCUT2D eigenvalue weighted by Gasteiger charge is -2.09. The van der Waals surface area contributed by atoms with Crippen LogP contribution in [-0.4, -0.2) is 29.1 Å². The molecular formula is C20H18N4O4. The Bertz CT molecular complexity index is 1120. The van der Waals surface area contributed by atoms with Gasteiger partial charge in [-0.05, 0) is 54.8 Å². The van der Waals surface area contributed by atoms with Crippen molar-refractivity contribution in [2.45, 2.75) is 13.8 Å². The number of nitrogens with zero attached hydrogens (tertiary/aromatic N) is 3. The lowest BCUT2D eigenvalue weighted by Crippen LogP contribution is -1.98. The van der Waals surface area contributed by atoms with Crippen LogP contribution in [0.3, 0.4) is 0 Å². The number of nitro benzene ring substituents is 1. The summed E-state index contributed by atoms with van der Waals surface area (Å²) in [6.07, 6.45) is 1.52. The van der Waals surface area contributed by atoms with Gasteiger partial charge in [0.1, 0.15) is 11.9 Å². The van der Waals surface area contributed by atoms with E-state index in [-0.39, 0.29) is 22.8 Å². The highest BCUT2D eigenvalue weighted by Crippen LogP contribution is 2.38. The number of nitrogens with one attached hydrogen (secondary N) is 1. The Morgan fingerprint density at radius 1 is 1.21 bits per heavy atom. The number of imidazole rings is 1. The van der Waals surface area contributed by atoms with Gasteiger partial charge in [0.05, 0.1) is 35.7 Å². The molecule has 8 nitrogen and oxygen atoms in total. The minimum Gasteiger partial charge on any atom is -0.493 e. The van der Waals surface area contributed by atoms with E-state index in [4.69, 9.17) is 9.47 Å². The second-order valence-corrected chi connectivity index (χ2v) is 6.24. The van der Waals surface area contributed by atoms with Crippen molar-refractivity contribution in [2.24, 2.45) is 0 Å². The molecular weight excluding hydrogens is 360 g/mol. The van der Waals surface area contributed by atoms with Gasteiger partial charge in [0.2, 0.25) is 5.75 Å². The number of aromatic nitrogens is 2. The van der Waals surface area contributed by atoms with E-state index in [0.717, 1.165) is 22.2 Å². The number of nitro groups is 1. The molecule has 0 atom stereocenters. The van der Waals surface area contributed by atoms with Crippen LogP contribution in [0.1, 0.15) is 22.5 Å². The third-order valence-corrected chi connectivity index (χ3v) is 4.46. The summed E-state index contributed by atoms with van der Waals surface area (Å²) in [5, 5.41) is 21.0. The molecule has 0 unspecified atom stereocenters. The molecule has 0 bridgehead atoms. The fraction of sp³-hybridized carbons (Fsp3) is 0.200. The molecule has 0 radical (unpaired) electrons. The Hall–Kier alpha value is -3.86. The molecule has 0 fully saturated rings. The smallest absolute Gasteiger partial charge is 0.315 e. The average molecular weight is 378 g/mol. The molecule has 3 aromatic rings. The third-order valence-electron chi connectivity index (χ3n) is 4.46. The van der Waals surface area contributed by atoms with E-state index in [0.29, 0.717) is 11.4 Å². The highest BCUT2D eigenvalue weighted by Gasteiger charge is 2.21. The van der Waals surface area contributed by atoms with Crippen LogP contribution < -0.4 is 9.47 Å². The van der Waals surface area contributed by atoms with E-state index < -0.39 is 4.92 Å². The molecule has 2 aromatic carbocycles. The fourth-order valence-electron chi connectivity index (χ4n) is 2.90. The second-order valence-electron chi connectivity index (χ2n) is 6.24. The Morgan fingerprint density at radius 2 is 1.93 bits per heavy atom. The van der Waals surface area contributed by atoms with E-state index in [2.05, 4.69) is 16.0 Å². The zero-order valence-corrected chi connectivity index (χ0v) is 15.9. The van der Waals surface area contributed by atoms with E-state index in [1.165, 1.54) is 26.4 Å². The molecule has 0 aliphatic rings. The van der Waals surface area contributed by atoms with Gasteiger partial charge in [-0.25, -0.2) is 4.98 Å². The second kappa shape index (κ2) is 7.40. The minimum atomic E-state index is -0.558. The number of nitriles is 1. The van der Waals surface area contributed by atoms with E-state index in [1.807, 2.05) is 26.0 Å². The molecule has 1 aromatic heterocycles.